The second-order valence-corrected chi connectivity index (χ2v) is 5.12. The lowest BCUT2D eigenvalue weighted by atomic mass is 10.2. The van der Waals surface area contributed by atoms with Crippen molar-refractivity contribution in [2.24, 2.45) is 0 Å². The Kier molecular flexibility index (Phi) is 5.50. The van der Waals surface area contributed by atoms with E-state index in [1.165, 1.54) is 6.20 Å². The lowest BCUT2D eigenvalue weighted by Crippen LogP contribution is -2.29. The molecule has 1 N–H and O–H groups in total. The van der Waals surface area contributed by atoms with Gasteiger partial charge in [-0.1, -0.05) is 6.92 Å². The van der Waals surface area contributed by atoms with E-state index in [4.69, 9.17) is 9.47 Å². The zero-order chi connectivity index (χ0) is 13.6. The molecular formula is C13H22N2O3. The molecule has 0 amide bonds. The smallest absolute Gasteiger partial charge is 0.141 e. The topological polar surface area (TPSA) is 64.5 Å². The van der Waals surface area contributed by atoms with Crippen molar-refractivity contribution < 1.29 is 14.6 Å². The number of aliphatic hydroxyl groups excluding tert-OH is 1. The highest BCUT2D eigenvalue weighted by Crippen LogP contribution is 2.11. The predicted molar refractivity (Wildman–Crippen MR) is 68.6 cm³/mol. The Morgan fingerprint density at radius 2 is 2.06 bits per heavy atom. The van der Waals surface area contributed by atoms with E-state index in [9.17, 15) is 5.11 Å². The standard InChI is InChI=1S/C13H22N2O3/c1-5-10-6-12(7-14-15-10)17-8-11(16)9-18-13(2,3)4/h6-7,11,16H,5,8-9H2,1-4H3. The summed E-state index contributed by atoms with van der Waals surface area (Å²) in [5, 5.41) is 17.5. The van der Waals surface area contributed by atoms with Crippen LogP contribution in [0, 0.1) is 0 Å². The lowest BCUT2D eigenvalue weighted by Gasteiger charge is -2.22. The summed E-state index contributed by atoms with van der Waals surface area (Å²) in [6, 6.07) is 1.82. The summed E-state index contributed by atoms with van der Waals surface area (Å²) >= 11 is 0. The van der Waals surface area contributed by atoms with Gasteiger partial charge in [0.25, 0.3) is 0 Å². The molecule has 1 aromatic heterocycles. The summed E-state index contributed by atoms with van der Waals surface area (Å²) in [6.45, 7) is 8.27. The molecule has 1 atom stereocenters. The van der Waals surface area contributed by atoms with E-state index in [1.54, 1.807) is 0 Å². The number of rotatable bonds is 6. The number of nitrogens with zero attached hydrogens (tertiary/aromatic N) is 2. The van der Waals surface area contributed by atoms with Crippen molar-refractivity contribution in [2.75, 3.05) is 13.2 Å². The zero-order valence-electron chi connectivity index (χ0n) is 11.5. The van der Waals surface area contributed by atoms with Crippen LogP contribution in [0.25, 0.3) is 0 Å². The van der Waals surface area contributed by atoms with Crippen molar-refractivity contribution in [3.8, 4) is 5.75 Å². The summed E-state index contributed by atoms with van der Waals surface area (Å²) in [4.78, 5) is 0. The van der Waals surface area contributed by atoms with Gasteiger partial charge in [-0.2, -0.15) is 10.2 Å². The second kappa shape index (κ2) is 6.66. The third-order valence-electron chi connectivity index (χ3n) is 2.19. The third kappa shape index (κ3) is 5.93. The normalized spacial score (nSPS) is 13.4. The predicted octanol–water partition coefficient (Wildman–Crippen LogP) is 1.59. The number of hydrogen-bond donors (Lipinski definition) is 1. The molecule has 0 aromatic carbocycles. The number of aryl methyl sites for hydroxylation is 1. The number of aromatic nitrogens is 2. The Balaban J connectivity index is 2.35. The number of ether oxygens (including phenoxy) is 2. The van der Waals surface area contributed by atoms with Gasteiger partial charge in [-0.15, -0.1) is 0 Å². The van der Waals surface area contributed by atoms with E-state index >= 15 is 0 Å². The van der Waals surface area contributed by atoms with Crippen LogP contribution >= 0.6 is 0 Å². The van der Waals surface area contributed by atoms with E-state index in [0.29, 0.717) is 5.75 Å². The highest BCUT2D eigenvalue weighted by Gasteiger charge is 2.14. The van der Waals surface area contributed by atoms with Crippen LogP contribution in [0.1, 0.15) is 33.4 Å². The van der Waals surface area contributed by atoms with E-state index in [0.717, 1.165) is 12.1 Å². The summed E-state index contributed by atoms with van der Waals surface area (Å²) in [6.07, 6.45) is 1.69. The molecule has 0 aliphatic rings. The molecule has 18 heavy (non-hydrogen) atoms. The Labute approximate surface area is 108 Å². The molecule has 0 radical (unpaired) electrons. The van der Waals surface area contributed by atoms with Crippen molar-refractivity contribution in [1.82, 2.24) is 10.2 Å². The van der Waals surface area contributed by atoms with Gasteiger partial charge < -0.3 is 14.6 Å². The maximum absolute atomic E-state index is 9.71. The molecule has 0 saturated carbocycles. The molecule has 0 bridgehead atoms. The number of aliphatic hydroxyl groups is 1. The molecule has 5 heteroatoms. The summed E-state index contributed by atoms with van der Waals surface area (Å²) in [5.41, 5.74) is 0.613. The van der Waals surface area contributed by atoms with Crippen molar-refractivity contribution in [2.45, 2.75) is 45.8 Å². The molecule has 102 valence electrons. The van der Waals surface area contributed by atoms with Gasteiger partial charge in [0, 0.05) is 6.07 Å². The molecule has 1 unspecified atom stereocenters. The van der Waals surface area contributed by atoms with Crippen LogP contribution in [0.3, 0.4) is 0 Å². The average Bonchev–Trinajstić information content (AvgIpc) is 2.33. The second-order valence-electron chi connectivity index (χ2n) is 5.12. The van der Waals surface area contributed by atoms with Crippen LogP contribution < -0.4 is 4.74 Å². The molecule has 1 rings (SSSR count). The lowest BCUT2D eigenvalue weighted by molar-refractivity contribution is -0.0586. The van der Waals surface area contributed by atoms with Crippen LogP contribution in [-0.2, 0) is 11.2 Å². The first-order valence-corrected chi connectivity index (χ1v) is 6.17. The summed E-state index contributed by atoms with van der Waals surface area (Å²) < 4.78 is 10.9. The van der Waals surface area contributed by atoms with Crippen LogP contribution in [0.4, 0.5) is 0 Å². The summed E-state index contributed by atoms with van der Waals surface area (Å²) in [7, 11) is 0. The fourth-order valence-corrected chi connectivity index (χ4v) is 1.23. The van der Waals surface area contributed by atoms with Gasteiger partial charge in [-0.3, -0.25) is 0 Å². The minimum atomic E-state index is -0.650. The van der Waals surface area contributed by atoms with E-state index < -0.39 is 6.10 Å². The Hall–Kier alpha value is -1.20. The molecule has 1 aromatic rings. The van der Waals surface area contributed by atoms with Crippen LogP contribution in [0.2, 0.25) is 0 Å². The first kappa shape index (κ1) is 14.9. The molecule has 1 heterocycles. The Morgan fingerprint density at radius 3 is 2.67 bits per heavy atom. The highest BCUT2D eigenvalue weighted by molar-refractivity contribution is 5.18. The molecule has 0 aliphatic heterocycles. The van der Waals surface area contributed by atoms with Gasteiger partial charge in [0.1, 0.15) is 18.5 Å². The molecule has 0 fully saturated rings. The molecule has 0 aliphatic carbocycles. The van der Waals surface area contributed by atoms with E-state index in [-0.39, 0.29) is 18.8 Å². The van der Waals surface area contributed by atoms with Crippen molar-refractivity contribution in [3.05, 3.63) is 18.0 Å². The SMILES string of the molecule is CCc1cc(OCC(O)COC(C)(C)C)cnn1. The highest BCUT2D eigenvalue weighted by atomic mass is 16.5. The van der Waals surface area contributed by atoms with Gasteiger partial charge in [0.2, 0.25) is 0 Å². The molecule has 0 spiro atoms. The largest absolute Gasteiger partial charge is 0.489 e. The van der Waals surface area contributed by atoms with Crippen LogP contribution in [-0.4, -0.2) is 40.2 Å². The Bertz CT molecular complexity index is 363. The first-order chi connectivity index (χ1) is 8.40. The van der Waals surface area contributed by atoms with E-state index in [2.05, 4.69) is 10.2 Å². The molecule has 5 nitrogen and oxygen atoms in total. The fraction of sp³-hybridized carbons (Fsp3) is 0.692. The zero-order valence-corrected chi connectivity index (χ0v) is 11.5. The maximum atomic E-state index is 9.71. The van der Waals surface area contributed by atoms with Gasteiger partial charge in [-0.05, 0) is 27.2 Å². The van der Waals surface area contributed by atoms with Crippen molar-refractivity contribution in [3.63, 3.8) is 0 Å². The average molecular weight is 254 g/mol. The minimum absolute atomic E-state index is 0.185. The van der Waals surface area contributed by atoms with Crippen molar-refractivity contribution >= 4 is 0 Å². The van der Waals surface area contributed by atoms with Gasteiger partial charge >= 0.3 is 0 Å². The van der Waals surface area contributed by atoms with Crippen LogP contribution in [0.5, 0.6) is 5.75 Å². The molecule has 0 saturated heterocycles. The van der Waals surface area contributed by atoms with Gasteiger partial charge in [-0.25, -0.2) is 0 Å². The Morgan fingerprint density at radius 1 is 1.33 bits per heavy atom. The van der Waals surface area contributed by atoms with Gasteiger partial charge in [0.15, 0.2) is 0 Å². The monoisotopic (exact) mass is 254 g/mol. The van der Waals surface area contributed by atoms with Crippen molar-refractivity contribution in [1.29, 1.82) is 0 Å². The quantitative estimate of drug-likeness (QED) is 0.835. The third-order valence-corrected chi connectivity index (χ3v) is 2.19. The minimum Gasteiger partial charge on any atom is -0.489 e. The van der Waals surface area contributed by atoms with Gasteiger partial charge in [0.05, 0.1) is 24.1 Å². The molecular weight excluding hydrogens is 232 g/mol. The fourth-order valence-electron chi connectivity index (χ4n) is 1.23. The first-order valence-electron chi connectivity index (χ1n) is 6.17. The number of hydrogen-bond acceptors (Lipinski definition) is 5. The van der Waals surface area contributed by atoms with E-state index in [1.807, 2.05) is 33.8 Å². The van der Waals surface area contributed by atoms with Crippen LogP contribution in [0.15, 0.2) is 12.3 Å². The summed E-state index contributed by atoms with van der Waals surface area (Å²) in [5.74, 6) is 0.622. The maximum Gasteiger partial charge on any atom is 0.141 e.